The fourth-order valence-electron chi connectivity index (χ4n) is 3.66. The molecule has 0 aliphatic heterocycles. The minimum Gasteiger partial charge on any atom is -0.369 e. The van der Waals surface area contributed by atoms with Crippen molar-refractivity contribution in [1.29, 1.82) is 0 Å². The monoisotopic (exact) mass is 412 g/mol. The van der Waals surface area contributed by atoms with E-state index in [1.54, 1.807) is 0 Å². The van der Waals surface area contributed by atoms with E-state index in [-0.39, 0.29) is 12.3 Å². The number of unbranched alkanes of at least 4 members (excludes halogenated alkanes) is 3. The van der Waals surface area contributed by atoms with Crippen LogP contribution < -0.4 is 12.3 Å². The molecule has 26 heavy (non-hydrogen) atoms. The molecule has 0 bridgehead atoms. The second kappa shape index (κ2) is 16.0. The molecule has 8 N–H and O–H groups in total. The van der Waals surface area contributed by atoms with Gasteiger partial charge in [-0.2, -0.15) is 0 Å². The van der Waals surface area contributed by atoms with Gasteiger partial charge >= 0.3 is 16.1 Å². The third-order valence-corrected chi connectivity index (χ3v) is 8.32. The SMILES string of the molecule is O=[P+](OCCCCCCO[P+](=O)C1CCCCC1)C1CCCCC1.[NH4+].[NH4+]. The molecule has 2 aliphatic carbocycles. The summed E-state index contributed by atoms with van der Waals surface area (Å²) in [5.41, 5.74) is 0.608. The van der Waals surface area contributed by atoms with Crippen molar-refractivity contribution in [1.82, 2.24) is 12.3 Å². The summed E-state index contributed by atoms with van der Waals surface area (Å²) in [7, 11) is -2.91. The molecule has 2 atom stereocenters. The lowest BCUT2D eigenvalue weighted by atomic mass is 10.0. The molecule has 2 saturated carbocycles. The molecule has 2 rings (SSSR count). The van der Waals surface area contributed by atoms with E-state index >= 15 is 0 Å². The lowest BCUT2D eigenvalue weighted by molar-refractivity contribution is 0.288. The van der Waals surface area contributed by atoms with Gasteiger partial charge in [-0.05, 0) is 73.3 Å². The first-order valence-corrected chi connectivity index (χ1v) is 12.5. The second-order valence-corrected chi connectivity index (χ2v) is 10.4. The van der Waals surface area contributed by atoms with E-state index in [4.69, 9.17) is 9.05 Å². The third-order valence-electron chi connectivity index (χ3n) is 5.22. The molecule has 0 spiro atoms. The van der Waals surface area contributed by atoms with E-state index in [1.807, 2.05) is 0 Å². The first kappa shape index (κ1) is 26.0. The molecule has 2 unspecified atom stereocenters. The molecule has 0 aromatic heterocycles. The normalized spacial score (nSPS) is 20.0. The van der Waals surface area contributed by atoms with Gasteiger partial charge in [0, 0.05) is 0 Å². The first-order valence-electron chi connectivity index (χ1n) is 9.96. The van der Waals surface area contributed by atoms with E-state index in [1.165, 1.54) is 38.5 Å². The largest absolute Gasteiger partial charge is 0.511 e. The van der Waals surface area contributed by atoms with Crippen LogP contribution in [0.15, 0.2) is 0 Å². The van der Waals surface area contributed by atoms with E-state index in [0.717, 1.165) is 51.4 Å². The second-order valence-electron chi connectivity index (χ2n) is 7.24. The van der Waals surface area contributed by atoms with Gasteiger partial charge in [0.15, 0.2) is 11.3 Å². The average Bonchev–Trinajstić information content (AvgIpc) is 2.65. The molecule has 0 radical (unpaired) electrons. The van der Waals surface area contributed by atoms with Crippen LogP contribution in [0, 0.1) is 0 Å². The van der Waals surface area contributed by atoms with Crippen LogP contribution in [0.3, 0.4) is 0 Å². The van der Waals surface area contributed by atoms with E-state index in [2.05, 4.69) is 0 Å². The molecule has 0 aromatic rings. The summed E-state index contributed by atoms with van der Waals surface area (Å²) >= 11 is 0. The zero-order valence-electron chi connectivity index (χ0n) is 17.0. The van der Waals surface area contributed by atoms with Crippen LogP contribution in [0.5, 0.6) is 0 Å². The van der Waals surface area contributed by atoms with Gasteiger partial charge in [-0.15, -0.1) is 9.05 Å². The van der Waals surface area contributed by atoms with Crippen molar-refractivity contribution in [2.45, 2.75) is 101 Å². The molecule has 154 valence electrons. The molecular formula is C18H42N2O4P2+4. The highest BCUT2D eigenvalue weighted by atomic mass is 31.1. The van der Waals surface area contributed by atoms with Gasteiger partial charge < -0.3 is 12.3 Å². The minimum atomic E-state index is -1.46. The van der Waals surface area contributed by atoms with Crippen LogP contribution >= 0.6 is 16.1 Å². The number of hydrogen-bond acceptors (Lipinski definition) is 4. The summed E-state index contributed by atoms with van der Waals surface area (Å²) in [6, 6.07) is 0. The Morgan fingerprint density at radius 2 is 0.923 bits per heavy atom. The fraction of sp³-hybridized carbons (Fsp3) is 1.00. The van der Waals surface area contributed by atoms with Gasteiger partial charge in [-0.25, -0.2) is 0 Å². The molecule has 8 heteroatoms. The first-order chi connectivity index (χ1) is 11.8. The van der Waals surface area contributed by atoms with Gasteiger partial charge in [-0.3, -0.25) is 0 Å². The fourth-order valence-corrected chi connectivity index (χ4v) is 6.27. The zero-order chi connectivity index (χ0) is 17.0. The lowest BCUT2D eigenvalue weighted by Gasteiger charge is -2.11. The van der Waals surface area contributed by atoms with E-state index < -0.39 is 16.1 Å². The van der Waals surface area contributed by atoms with Crippen LogP contribution in [0.1, 0.15) is 89.9 Å². The third kappa shape index (κ3) is 10.4. The summed E-state index contributed by atoms with van der Waals surface area (Å²) in [5, 5.41) is 0. The molecular weight excluding hydrogens is 370 g/mol. The number of rotatable bonds is 11. The Morgan fingerprint density at radius 1 is 0.577 bits per heavy atom. The van der Waals surface area contributed by atoms with Crippen molar-refractivity contribution in [3.63, 3.8) is 0 Å². The molecule has 6 nitrogen and oxygen atoms in total. The summed E-state index contributed by atoms with van der Waals surface area (Å²) in [5.74, 6) is 0. The van der Waals surface area contributed by atoms with Crippen molar-refractivity contribution in [2.75, 3.05) is 13.2 Å². The lowest BCUT2D eigenvalue weighted by Crippen LogP contribution is -2.09. The van der Waals surface area contributed by atoms with Gasteiger partial charge in [0.25, 0.3) is 0 Å². The van der Waals surface area contributed by atoms with Gasteiger partial charge in [0.1, 0.15) is 13.2 Å². The molecule has 0 saturated heterocycles. The van der Waals surface area contributed by atoms with Crippen molar-refractivity contribution in [3.8, 4) is 0 Å². The summed E-state index contributed by atoms with van der Waals surface area (Å²) < 4.78 is 35.1. The topological polar surface area (TPSA) is 126 Å². The van der Waals surface area contributed by atoms with Gasteiger partial charge in [0.2, 0.25) is 0 Å². The Morgan fingerprint density at radius 3 is 1.27 bits per heavy atom. The van der Waals surface area contributed by atoms with E-state index in [0.29, 0.717) is 24.5 Å². The minimum absolute atomic E-state index is 0. The summed E-state index contributed by atoms with van der Waals surface area (Å²) in [4.78, 5) is 0. The van der Waals surface area contributed by atoms with Crippen LogP contribution in [0.2, 0.25) is 0 Å². The predicted octanol–water partition coefficient (Wildman–Crippen LogP) is 7.48. The van der Waals surface area contributed by atoms with Crippen LogP contribution in [-0.4, -0.2) is 24.5 Å². The Labute approximate surface area is 161 Å². The highest BCUT2D eigenvalue weighted by Gasteiger charge is 2.34. The van der Waals surface area contributed by atoms with E-state index in [9.17, 15) is 9.13 Å². The molecule has 2 aliphatic rings. The highest BCUT2D eigenvalue weighted by molar-refractivity contribution is 7.40. The maximum absolute atomic E-state index is 12.0. The van der Waals surface area contributed by atoms with Gasteiger partial charge in [0.05, 0.1) is 0 Å². The Bertz CT molecular complexity index is 351. The highest BCUT2D eigenvalue weighted by Crippen LogP contribution is 2.40. The van der Waals surface area contributed by atoms with Crippen molar-refractivity contribution in [3.05, 3.63) is 0 Å². The molecule has 2 fully saturated rings. The van der Waals surface area contributed by atoms with Crippen LogP contribution in [-0.2, 0) is 18.2 Å². The van der Waals surface area contributed by atoms with Crippen LogP contribution in [0.25, 0.3) is 0 Å². The quantitative estimate of drug-likeness (QED) is 0.269. The van der Waals surface area contributed by atoms with Gasteiger partial charge in [-0.1, -0.05) is 25.7 Å². The Kier molecular flexibility index (Phi) is 16.1. The number of quaternary nitrogens is 2. The average molecular weight is 412 g/mol. The van der Waals surface area contributed by atoms with Crippen molar-refractivity contribution in [2.24, 2.45) is 0 Å². The maximum atomic E-state index is 12.0. The maximum Gasteiger partial charge on any atom is 0.511 e. The Hall–Kier alpha value is 0.0400. The zero-order valence-corrected chi connectivity index (χ0v) is 18.8. The smallest absolute Gasteiger partial charge is 0.369 e. The van der Waals surface area contributed by atoms with Crippen LogP contribution in [0.4, 0.5) is 0 Å². The predicted molar refractivity (Wildman–Crippen MR) is 111 cm³/mol. The summed E-state index contributed by atoms with van der Waals surface area (Å²) in [6.45, 7) is 1.23. The standard InChI is InChI=1S/C18H34O4P2.2H3N/c19-23(17-11-5-3-6-12-17)21-15-9-1-2-10-16-22-24(20)18-13-7-4-8-14-18;;/h17-18H,1-16H2;2*1H3/q+2;;/p+2. The van der Waals surface area contributed by atoms with Crippen molar-refractivity contribution < 1.29 is 18.2 Å². The summed E-state index contributed by atoms with van der Waals surface area (Å²) in [6.07, 6.45) is 15.8. The molecule has 0 heterocycles. The number of hydrogen-bond donors (Lipinski definition) is 2. The molecule has 0 amide bonds. The Balaban J connectivity index is 0.00000312. The van der Waals surface area contributed by atoms with Crippen molar-refractivity contribution >= 4 is 16.1 Å². The molecule has 0 aromatic carbocycles.